The van der Waals surface area contributed by atoms with E-state index < -0.39 is 17.6 Å². The van der Waals surface area contributed by atoms with E-state index in [2.05, 4.69) is 4.98 Å². The van der Waals surface area contributed by atoms with Gasteiger partial charge in [0.05, 0.1) is 29.3 Å². The molecule has 1 aromatic heterocycles. The van der Waals surface area contributed by atoms with Gasteiger partial charge in [0.25, 0.3) is 5.91 Å². The monoisotopic (exact) mass is 229 g/mol. The molecule has 1 aromatic rings. The van der Waals surface area contributed by atoms with Crippen molar-refractivity contribution in [2.24, 2.45) is 5.73 Å². The van der Waals surface area contributed by atoms with Crippen molar-refractivity contribution in [1.29, 1.82) is 5.26 Å². The fraction of sp³-hybridized carbons (Fsp3) is 0.222. The number of nitriles is 1. The zero-order valence-electron chi connectivity index (χ0n) is 7.88. The average Bonchev–Trinajstić information content (AvgIpc) is 2.16. The molecule has 0 aliphatic carbocycles. The molecule has 1 amide bonds. The smallest absolute Gasteiger partial charge is 0.366 e. The second-order valence-electron chi connectivity index (χ2n) is 2.92. The number of pyridine rings is 1. The predicted molar refractivity (Wildman–Crippen MR) is 47.1 cm³/mol. The Balaban J connectivity index is 3.29. The first kappa shape index (κ1) is 12.0. The summed E-state index contributed by atoms with van der Waals surface area (Å²) in [6, 6.07) is 2.29. The van der Waals surface area contributed by atoms with Gasteiger partial charge in [-0.05, 0) is 6.07 Å². The van der Waals surface area contributed by atoms with Crippen molar-refractivity contribution in [3.05, 3.63) is 29.1 Å². The Morgan fingerprint density at radius 2 is 2.19 bits per heavy atom. The van der Waals surface area contributed by atoms with E-state index in [1.165, 1.54) is 0 Å². The van der Waals surface area contributed by atoms with Crippen molar-refractivity contribution in [3.63, 3.8) is 0 Å². The highest BCUT2D eigenvalue weighted by atomic mass is 19.4. The largest absolute Gasteiger partial charge is 0.417 e. The van der Waals surface area contributed by atoms with Crippen LogP contribution < -0.4 is 5.73 Å². The maximum Gasteiger partial charge on any atom is 0.417 e. The first-order valence-corrected chi connectivity index (χ1v) is 4.09. The van der Waals surface area contributed by atoms with E-state index in [0.29, 0.717) is 12.3 Å². The second-order valence-corrected chi connectivity index (χ2v) is 2.92. The third-order valence-corrected chi connectivity index (χ3v) is 1.81. The summed E-state index contributed by atoms with van der Waals surface area (Å²) in [5, 5.41) is 8.39. The maximum atomic E-state index is 12.3. The number of halogens is 3. The number of carbonyl (C=O) groups is 1. The van der Waals surface area contributed by atoms with Gasteiger partial charge in [0.2, 0.25) is 0 Å². The van der Waals surface area contributed by atoms with Crippen LogP contribution in [0, 0.1) is 11.3 Å². The van der Waals surface area contributed by atoms with Crippen LogP contribution >= 0.6 is 0 Å². The van der Waals surface area contributed by atoms with Crippen LogP contribution in [0.1, 0.15) is 21.6 Å². The van der Waals surface area contributed by atoms with E-state index in [9.17, 15) is 18.0 Å². The zero-order chi connectivity index (χ0) is 12.3. The lowest BCUT2D eigenvalue weighted by Gasteiger charge is -2.08. The number of rotatable bonds is 2. The second kappa shape index (κ2) is 4.18. The van der Waals surface area contributed by atoms with Crippen LogP contribution in [0.15, 0.2) is 12.3 Å². The number of hydrogen-bond acceptors (Lipinski definition) is 3. The molecule has 0 aromatic carbocycles. The maximum absolute atomic E-state index is 12.3. The summed E-state index contributed by atoms with van der Waals surface area (Å²) in [6.45, 7) is 0. The average molecular weight is 229 g/mol. The van der Waals surface area contributed by atoms with Gasteiger partial charge < -0.3 is 5.73 Å². The summed E-state index contributed by atoms with van der Waals surface area (Å²) in [5.41, 5.74) is 3.40. The van der Waals surface area contributed by atoms with E-state index in [4.69, 9.17) is 11.0 Å². The number of amides is 1. The molecule has 0 aliphatic rings. The third kappa shape index (κ3) is 2.48. The normalized spacial score (nSPS) is 10.9. The van der Waals surface area contributed by atoms with Gasteiger partial charge in [-0.1, -0.05) is 0 Å². The molecule has 4 nitrogen and oxygen atoms in total. The molecule has 0 spiro atoms. The van der Waals surface area contributed by atoms with Crippen molar-refractivity contribution < 1.29 is 18.0 Å². The van der Waals surface area contributed by atoms with E-state index >= 15 is 0 Å². The van der Waals surface area contributed by atoms with E-state index in [0.717, 1.165) is 0 Å². The van der Waals surface area contributed by atoms with Gasteiger partial charge in [-0.3, -0.25) is 9.78 Å². The third-order valence-electron chi connectivity index (χ3n) is 1.81. The number of primary amides is 1. The summed E-state index contributed by atoms with van der Waals surface area (Å²) < 4.78 is 36.9. The summed E-state index contributed by atoms with van der Waals surface area (Å²) in [6.07, 6.45) is -4.29. The molecule has 0 bridgehead atoms. The molecule has 1 rings (SSSR count). The fourth-order valence-electron chi connectivity index (χ4n) is 1.08. The summed E-state index contributed by atoms with van der Waals surface area (Å²) in [5.74, 6) is -1.04. The van der Waals surface area contributed by atoms with Crippen LogP contribution in [-0.2, 0) is 12.6 Å². The predicted octanol–water partition coefficient (Wildman–Crippen LogP) is 1.27. The standard InChI is InChI=1S/C9H6F3N3O/c10-9(11,12)5-3-6(8(14)16)7(1-2-13)15-4-5/h3-4H,1H2,(H2,14,16). The minimum Gasteiger partial charge on any atom is -0.366 e. The highest BCUT2D eigenvalue weighted by Gasteiger charge is 2.32. The molecule has 1 heterocycles. The number of hydrogen-bond donors (Lipinski definition) is 1. The Labute approximate surface area is 88.5 Å². The van der Waals surface area contributed by atoms with Crippen molar-refractivity contribution in [1.82, 2.24) is 4.98 Å². The number of alkyl halides is 3. The molecule has 0 fully saturated rings. The van der Waals surface area contributed by atoms with Crippen LogP contribution in [0.5, 0.6) is 0 Å². The highest BCUT2D eigenvalue weighted by Crippen LogP contribution is 2.29. The lowest BCUT2D eigenvalue weighted by molar-refractivity contribution is -0.137. The minimum absolute atomic E-state index is 0.0528. The minimum atomic E-state index is -4.59. The van der Waals surface area contributed by atoms with Gasteiger partial charge in [-0.2, -0.15) is 18.4 Å². The SMILES string of the molecule is N#CCc1ncc(C(F)(F)F)cc1C(N)=O. The Bertz CT molecular complexity index is 462. The first-order valence-electron chi connectivity index (χ1n) is 4.09. The molecular weight excluding hydrogens is 223 g/mol. The van der Waals surface area contributed by atoms with Crippen molar-refractivity contribution >= 4 is 5.91 Å². The van der Waals surface area contributed by atoms with Gasteiger partial charge in [-0.25, -0.2) is 0 Å². The molecule has 0 atom stereocenters. The molecule has 0 radical (unpaired) electrons. The molecule has 84 valence electrons. The Morgan fingerprint density at radius 1 is 1.56 bits per heavy atom. The van der Waals surface area contributed by atoms with E-state index in [1.54, 1.807) is 6.07 Å². The molecule has 0 saturated heterocycles. The summed E-state index contributed by atoms with van der Waals surface area (Å²) >= 11 is 0. The molecule has 0 aliphatic heterocycles. The Hall–Kier alpha value is -2.10. The van der Waals surface area contributed by atoms with E-state index in [1.807, 2.05) is 0 Å². The first-order chi connectivity index (χ1) is 7.36. The van der Waals surface area contributed by atoms with Gasteiger partial charge in [0.15, 0.2) is 0 Å². The van der Waals surface area contributed by atoms with E-state index in [-0.39, 0.29) is 17.7 Å². The van der Waals surface area contributed by atoms with Crippen LogP contribution in [0.2, 0.25) is 0 Å². The molecule has 2 N–H and O–H groups in total. The van der Waals surface area contributed by atoms with Gasteiger partial charge in [0, 0.05) is 6.20 Å². The van der Waals surface area contributed by atoms with Gasteiger partial charge in [0.1, 0.15) is 0 Å². The van der Waals surface area contributed by atoms with Crippen LogP contribution in [0.3, 0.4) is 0 Å². The summed E-state index contributed by atoms with van der Waals surface area (Å²) in [7, 11) is 0. The van der Waals surface area contributed by atoms with Crippen LogP contribution in [0.4, 0.5) is 13.2 Å². The number of nitrogens with two attached hydrogens (primary N) is 1. The van der Waals surface area contributed by atoms with Crippen molar-refractivity contribution in [2.45, 2.75) is 12.6 Å². The number of nitrogens with zero attached hydrogens (tertiary/aromatic N) is 2. The molecule has 0 unspecified atom stereocenters. The quantitative estimate of drug-likeness (QED) is 0.829. The fourth-order valence-corrected chi connectivity index (χ4v) is 1.08. The lowest BCUT2D eigenvalue weighted by Crippen LogP contribution is -2.17. The molecule has 16 heavy (non-hydrogen) atoms. The summed E-state index contributed by atoms with van der Waals surface area (Å²) in [4.78, 5) is 14.3. The topological polar surface area (TPSA) is 79.8 Å². The van der Waals surface area contributed by atoms with Gasteiger partial charge >= 0.3 is 6.18 Å². The molecule has 7 heteroatoms. The molecular formula is C9H6F3N3O. The van der Waals surface area contributed by atoms with Crippen LogP contribution in [0.25, 0.3) is 0 Å². The number of aromatic nitrogens is 1. The van der Waals surface area contributed by atoms with Crippen LogP contribution in [-0.4, -0.2) is 10.9 Å². The van der Waals surface area contributed by atoms with Gasteiger partial charge in [-0.15, -0.1) is 0 Å². The highest BCUT2D eigenvalue weighted by molar-refractivity contribution is 5.94. The van der Waals surface area contributed by atoms with Crippen molar-refractivity contribution in [2.75, 3.05) is 0 Å². The lowest BCUT2D eigenvalue weighted by atomic mass is 10.1. The Kier molecular flexibility index (Phi) is 3.13. The Morgan fingerprint density at radius 3 is 2.62 bits per heavy atom. The molecule has 0 saturated carbocycles. The number of carbonyl (C=O) groups excluding carboxylic acids is 1. The zero-order valence-corrected chi connectivity index (χ0v) is 7.88. The van der Waals surface area contributed by atoms with Crippen molar-refractivity contribution in [3.8, 4) is 6.07 Å².